The molecular formula is C13H19NO2. The summed E-state index contributed by atoms with van der Waals surface area (Å²) in [5.41, 5.74) is 7.02. The predicted octanol–water partition coefficient (Wildman–Crippen LogP) is 2.13. The van der Waals surface area contributed by atoms with Crippen molar-refractivity contribution in [3.05, 3.63) is 23.8 Å². The molecule has 0 saturated carbocycles. The third-order valence-corrected chi connectivity index (χ3v) is 2.73. The van der Waals surface area contributed by atoms with Crippen molar-refractivity contribution in [2.45, 2.75) is 32.2 Å². The maximum Gasteiger partial charge on any atom is 0.161 e. The van der Waals surface area contributed by atoms with Gasteiger partial charge in [0, 0.05) is 6.04 Å². The lowest BCUT2D eigenvalue weighted by atomic mass is 10.1. The molecule has 2 rings (SSSR count). The Kier molecular flexibility index (Phi) is 3.67. The molecule has 1 aliphatic rings. The molecule has 1 heterocycles. The predicted molar refractivity (Wildman–Crippen MR) is 64.0 cm³/mol. The first-order valence-corrected chi connectivity index (χ1v) is 5.90. The van der Waals surface area contributed by atoms with Crippen LogP contribution in [0.15, 0.2) is 18.2 Å². The molecule has 3 heteroatoms. The monoisotopic (exact) mass is 221 g/mol. The molecule has 16 heavy (non-hydrogen) atoms. The molecule has 88 valence electrons. The number of hydrogen-bond donors (Lipinski definition) is 1. The van der Waals surface area contributed by atoms with Gasteiger partial charge in [-0.1, -0.05) is 6.07 Å². The van der Waals surface area contributed by atoms with E-state index in [-0.39, 0.29) is 6.04 Å². The van der Waals surface area contributed by atoms with Crippen molar-refractivity contribution in [2.24, 2.45) is 5.73 Å². The van der Waals surface area contributed by atoms with E-state index in [2.05, 4.69) is 12.1 Å². The summed E-state index contributed by atoms with van der Waals surface area (Å²) in [6, 6.07) is 6.47. The van der Waals surface area contributed by atoms with E-state index in [1.165, 1.54) is 5.56 Å². The highest BCUT2D eigenvalue weighted by Crippen LogP contribution is 2.31. The minimum atomic E-state index is 0.289. The minimum absolute atomic E-state index is 0.289. The summed E-state index contributed by atoms with van der Waals surface area (Å²) in [6.45, 7) is 3.34. The molecule has 1 aliphatic heterocycles. The topological polar surface area (TPSA) is 44.5 Å². The number of rotatable bonds is 4. The normalized spacial score (nSPS) is 15.9. The second kappa shape index (κ2) is 5.21. The van der Waals surface area contributed by atoms with Gasteiger partial charge in [0.05, 0.1) is 0 Å². The molecular weight excluding hydrogens is 202 g/mol. The standard InChI is InChI=1S/C13H19NO2/c1-10(14)3-2-4-11-5-6-12-13(9-11)16-8-7-15-12/h5-6,9-10H,2-4,7-8,14H2,1H3. The van der Waals surface area contributed by atoms with Crippen LogP contribution in [0.2, 0.25) is 0 Å². The Bertz CT molecular complexity index is 350. The van der Waals surface area contributed by atoms with Gasteiger partial charge in [0.15, 0.2) is 11.5 Å². The van der Waals surface area contributed by atoms with Gasteiger partial charge in [0.1, 0.15) is 13.2 Å². The number of ether oxygens (including phenoxy) is 2. The first kappa shape index (κ1) is 11.3. The third-order valence-electron chi connectivity index (χ3n) is 2.73. The number of nitrogens with two attached hydrogens (primary N) is 1. The summed E-state index contributed by atoms with van der Waals surface area (Å²) in [6.07, 6.45) is 3.24. The van der Waals surface area contributed by atoms with Gasteiger partial charge in [-0.2, -0.15) is 0 Å². The third kappa shape index (κ3) is 2.89. The molecule has 0 radical (unpaired) electrons. The van der Waals surface area contributed by atoms with E-state index < -0.39 is 0 Å². The van der Waals surface area contributed by atoms with Crippen LogP contribution in [0.4, 0.5) is 0 Å². The van der Waals surface area contributed by atoms with Crippen molar-refractivity contribution in [3.8, 4) is 11.5 Å². The summed E-state index contributed by atoms with van der Waals surface area (Å²) in [4.78, 5) is 0. The fourth-order valence-electron chi connectivity index (χ4n) is 1.87. The van der Waals surface area contributed by atoms with Gasteiger partial charge in [0.25, 0.3) is 0 Å². The fraction of sp³-hybridized carbons (Fsp3) is 0.538. The molecule has 0 amide bonds. The Morgan fingerprint density at radius 3 is 2.75 bits per heavy atom. The van der Waals surface area contributed by atoms with Gasteiger partial charge in [0.2, 0.25) is 0 Å². The molecule has 1 unspecified atom stereocenters. The van der Waals surface area contributed by atoms with Crippen LogP contribution < -0.4 is 15.2 Å². The van der Waals surface area contributed by atoms with Crippen LogP contribution in [-0.4, -0.2) is 19.3 Å². The largest absolute Gasteiger partial charge is 0.486 e. The zero-order valence-electron chi connectivity index (χ0n) is 9.74. The molecule has 0 aliphatic carbocycles. The molecule has 0 bridgehead atoms. The number of aryl methyl sites for hydroxylation is 1. The van der Waals surface area contributed by atoms with Crippen molar-refractivity contribution in [1.29, 1.82) is 0 Å². The average molecular weight is 221 g/mol. The van der Waals surface area contributed by atoms with Crippen molar-refractivity contribution in [2.75, 3.05) is 13.2 Å². The van der Waals surface area contributed by atoms with Crippen LogP contribution in [0.1, 0.15) is 25.3 Å². The average Bonchev–Trinajstić information content (AvgIpc) is 2.28. The summed E-state index contributed by atoms with van der Waals surface area (Å²) in [5, 5.41) is 0. The van der Waals surface area contributed by atoms with E-state index in [0.717, 1.165) is 30.8 Å². The minimum Gasteiger partial charge on any atom is -0.486 e. The van der Waals surface area contributed by atoms with Crippen LogP contribution in [0.5, 0.6) is 11.5 Å². The summed E-state index contributed by atoms with van der Waals surface area (Å²) >= 11 is 0. The van der Waals surface area contributed by atoms with Crippen LogP contribution in [-0.2, 0) is 6.42 Å². The van der Waals surface area contributed by atoms with Gasteiger partial charge in [-0.05, 0) is 43.9 Å². The van der Waals surface area contributed by atoms with Gasteiger partial charge in [-0.15, -0.1) is 0 Å². The van der Waals surface area contributed by atoms with E-state index in [0.29, 0.717) is 13.2 Å². The molecule has 3 nitrogen and oxygen atoms in total. The Morgan fingerprint density at radius 2 is 2.00 bits per heavy atom. The Hall–Kier alpha value is -1.22. The highest BCUT2D eigenvalue weighted by atomic mass is 16.6. The van der Waals surface area contributed by atoms with Crippen molar-refractivity contribution in [3.63, 3.8) is 0 Å². The highest BCUT2D eigenvalue weighted by Gasteiger charge is 2.11. The van der Waals surface area contributed by atoms with Crippen molar-refractivity contribution in [1.82, 2.24) is 0 Å². The summed E-state index contributed by atoms with van der Waals surface area (Å²) in [5.74, 6) is 1.74. The smallest absolute Gasteiger partial charge is 0.161 e. The van der Waals surface area contributed by atoms with Gasteiger partial charge < -0.3 is 15.2 Å². The number of fused-ring (bicyclic) bond motifs is 1. The second-order valence-corrected chi connectivity index (χ2v) is 4.35. The van der Waals surface area contributed by atoms with Crippen LogP contribution in [0.25, 0.3) is 0 Å². The zero-order chi connectivity index (χ0) is 11.4. The van der Waals surface area contributed by atoms with Gasteiger partial charge >= 0.3 is 0 Å². The lowest BCUT2D eigenvalue weighted by molar-refractivity contribution is 0.171. The van der Waals surface area contributed by atoms with Crippen molar-refractivity contribution < 1.29 is 9.47 Å². The van der Waals surface area contributed by atoms with Gasteiger partial charge in [-0.3, -0.25) is 0 Å². The SMILES string of the molecule is CC(N)CCCc1ccc2c(c1)OCCO2. The second-order valence-electron chi connectivity index (χ2n) is 4.35. The Balaban J connectivity index is 1.95. The molecule has 0 saturated heterocycles. The van der Waals surface area contributed by atoms with Crippen LogP contribution >= 0.6 is 0 Å². The quantitative estimate of drug-likeness (QED) is 0.847. The van der Waals surface area contributed by atoms with E-state index in [1.54, 1.807) is 0 Å². The summed E-state index contributed by atoms with van der Waals surface area (Å²) < 4.78 is 11.0. The molecule has 1 atom stereocenters. The summed E-state index contributed by atoms with van der Waals surface area (Å²) in [7, 11) is 0. The Morgan fingerprint density at radius 1 is 1.25 bits per heavy atom. The highest BCUT2D eigenvalue weighted by molar-refractivity contribution is 5.43. The maximum absolute atomic E-state index is 5.72. The number of hydrogen-bond acceptors (Lipinski definition) is 3. The van der Waals surface area contributed by atoms with E-state index in [1.807, 2.05) is 13.0 Å². The molecule has 0 aromatic heterocycles. The number of benzene rings is 1. The zero-order valence-corrected chi connectivity index (χ0v) is 9.74. The Labute approximate surface area is 96.5 Å². The van der Waals surface area contributed by atoms with Crippen molar-refractivity contribution >= 4 is 0 Å². The fourth-order valence-corrected chi connectivity index (χ4v) is 1.87. The molecule has 0 fully saturated rings. The van der Waals surface area contributed by atoms with Crippen LogP contribution in [0.3, 0.4) is 0 Å². The molecule has 1 aromatic carbocycles. The lowest BCUT2D eigenvalue weighted by Crippen LogP contribution is -2.15. The first-order valence-electron chi connectivity index (χ1n) is 5.90. The molecule has 1 aromatic rings. The van der Waals surface area contributed by atoms with E-state index in [4.69, 9.17) is 15.2 Å². The molecule has 0 spiro atoms. The lowest BCUT2D eigenvalue weighted by Gasteiger charge is -2.18. The van der Waals surface area contributed by atoms with E-state index >= 15 is 0 Å². The van der Waals surface area contributed by atoms with Crippen LogP contribution in [0, 0.1) is 0 Å². The van der Waals surface area contributed by atoms with Gasteiger partial charge in [-0.25, -0.2) is 0 Å². The maximum atomic E-state index is 5.72. The molecule has 2 N–H and O–H groups in total. The van der Waals surface area contributed by atoms with E-state index in [9.17, 15) is 0 Å². The first-order chi connectivity index (χ1) is 7.75.